The molecule has 0 fully saturated rings. The van der Waals surface area contributed by atoms with E-state index >= 15 is 0 Å². The van der Waals surface area contributed by atoms with Crippen molar-refractivity contribution in [3.63, 3.8) is 0 Å². The average molecular weight is 237 g/mol. The molecule has 0 saturated carbocycles. The lowest BCUT2D eigenvalue weighted by Crippen LogP contribution is -2.30. The molecule has 1 N–H and O–H groups in total. The Bertz CT molecular complexity index is 386. The second kappa shape index (κ2) is 6.52. The van der Waals surface area contributed by atoms with Crippen molar-refractivity contribution in [3.8, 4) is 5.75 Å². The molecule has 0 saturated heterocycles. The van der Waals surface area contributed by atoms with E-state index in [4.69, 9.17) is 4.74 Å². The summed E-state index contributed by atoms with van der Waals surface area (Å²) < 4.78 is 9.66. The van der Waals surface area contributed by atoms with Gasteiger partial charge in [0.1, 0.15) is 12.3 Å². The first-order chi connectivity index (χ1) is 8.17. The lowest BCUT2D eigenvalue weighted by atomic mass is 10.2. The van der Waals surface area contributed by atoms with Crippen LogP contribution in [0.1, 0.15) is 17.3 Å². The zero-order valence-electron chi connectivity index (χ0n) is 9.86. The van der Waals surface area contributed by atoms with Crippen molar-refractivity contribution in [1.29, 1.82) is 0 Å². The molecule has 0 aliphatic carbocycles. The van der Waals surface area contributed by atoms with Crippen molar-refractivity contribution in [2.45, 2.75) is 6.92 Å². The molecule has 0 radical (unpaired) electrons. The van der Waals surface area contributed by atoms with Crippen LogP contribution in [0.15, 0.2) is 24.3 Å². The van der Waals surface area contributed by atoms with E-state index in [1.807, 2.05) is 6.92 Å². The number of hydrogen-bond acceptors (Lipinski definition) is 4. The molecular formula is C12H15NO4. The molecule has 0 bridgehead atoms. The largest absolute Gasteiger partial charge is 0.494 e. The Hall–Kier alpha value is -2.04. The molecule has 1 rings (SSSR count). The van der Waals surface area contributed by atoms with Gasteiger partial charge in [0, 0.05) is 5.56 Å². The third-order valence-electron chi connectivity index (χ3n) is 2.05. The number of esters is 1. The van der Waals surface area contributed by atoms with Gasteiger partial charge in [0.25, 0.3) is 5.91 Å². The smallest absolute Gasteiger partial charge is 0.325 e. The number of methoxy groups -OCH3 is 1. The summed E-state index contributed by atoms with van der Waals surface area (Å²) >= 11 is 0. The second-order valence-corrected chi connectivity index (χ2v) is 3.22. The van der Waals surface area contributed by atoms with Gasteiger partial charge in [-0.05, 0) is 31.2 Å². The number of nitrogens with one attached hydrogen (secondary N) is 1. The summed E-state index contributed by atoms with van der Waals surface area (Å²) in [4.78, 5) is 22.4. The van der Waals surface area contributed by atoms with Crippen molar-refractivity contribution in [1.82, 2.24) is 5.32 Å². The Labute approximate surface area is 99.7 Å². The molecule has 0 aromatic heterocycles. The fraction of sp³-hybridized carbons (Fsp3) is 0.333. The van der Waals surface area contributed by atoms with Gasteiger partial charge in [-0.15, -0.1) is 0 Å². The first-order valence-corrected chi connectivity index (χ1v) is 5.25. The highest BCUT2D eigenvalue weighted by molar-refractivity contribution is 5.95. The summed E-state index contributed by atoms with van der Waals surface area (Å²) in [6.07, 6.45) is 0. The van der Waals surface area contributed by atoms with Crippen LogP contribution < -0.4 is 10.1 Å². The van der Waals surface area contributed by atoms with Crippen LogP contribution in [0.2, 0.25) is 0 Å². The molecule has 0 aliphatic heterocycles. The fourth-order valence-electron chi connectivity index (χ4n) is 1.20. The van der Waals surface area contributed by atoms with Crippen LogP contribution in [0.3, 0.4) is 0 Å². The molecule has 1 aromatic carbocycles. The molecule has 0 atom stereocenters. The maximum atomic E-state index is 11.6. The molecule has 0 unspecified atom stereocenters. The van der Waals surface area contributed by atoms with E-state index in [9.17, 15) is 9.59 Å². The van der Waals surface area contributed by atoms with Crippen LogP contribution in [0.5, 0.6) is 5.75 Å². The maximum absolute atomic E-state index is 11.6. The van der Waals surface area contributed by atoms with Gasteiger partial charge in [-0.1, -0.05) is 0 Å². The van der Waals surface area contributed by atoms with Crippen molar-refractivity contribution < 1.29 is 19.1 Å². The normalized spacial score (nSPS) is 9.53. The quantitative estimate of drug-likeness (QED) is 0.775. The zero-order chi connectivity index (χ0) is 12.7. The van der Waals surface area contributed by atoms with E-state index in [0.717, 1.165) is 0 Å². The Balaban J connectivity index is 2.54. The summed E-state index contributed by atoms with van der Waals surface area (Å²) in [6, 6.07) is 6.68. The topological polar surface area (TPSA) is 64.6 Å². The van der Waals surface area contributed by atoms with Crippen LogP contribution in [-0.2, 0) is 9.53 Å². The number of rotatable bonds is 5. The third-order valence-corrected chi connectivity index (χ3v) is 2.05. The van der Waals surface area contributed by atoms with E-state index in [1.165, 1.54) is 7.11 Å². The molecular weight excluding hydrogens is 222 g/mol. The maximum Gasteiger partial charge on any atom is 0.325 e. The Morgan fingerprint density at radius 3 is 2.41 bits per heavy atom. The third kappa shape index (κ3) is 4.14. The average Bonchev–Trinajstić information content (AvgIpc) is 2.36. The van der Waals surface area contributed by atoms with Crippen LogP contribution in [0.25, 0.3) is 0 Å². The van der Waals surface area contributed by atoms with Crippen LogP contribution in [0.4, 0.5) is 0 Å². The number of ether oxygens (including phenoxy) is 2. The highest BCUT2D eigenvalue weighted by Gasteiger charge is 2.07. The van der Waals surface area contributed by atoms with E-state index < -0.39 is 5.97 Å². The lowest BCUT2D eigenvalue weighted by molar-refractivity contribution is -0.139. The molecule has 17 heavy (non-hydrogen) atoms. The molecule has 5 heteroatoms. The SMILES string of the molecule is CCOc1ccc(C(=O)NCC(=O)OC)cc1. The predicted molar refractivity (Wildman–Crippen MR) is 62.0 cm³/mol. The standard InChI is InChI=1S/C12H15NO4/c1-3-17-10-6-4-9(5-7-10)12(15)13-8-11(14)16-2/h4-7H,3,8H2,1-2H3,(H,13,15). The number of benzene rings is 1. The molecule has 5 nitrogen and oxygen atoms in total. The first-order valence-electron chi connectivity index (χ1n) is 5.25. The minimum atomic E-state index is -0.482. The molecule has 1 aromatic rings. The van der Waals surface area contributed by atoms with E-state index in [0.29, 0.717) is 17.9 Å². The van der Waals surface area contributed by atoms with Crippen molar-refractivity contribution in [2.24, 2.45) is 0 Å². The van der Waals surface area contributed by atoms with Crippen molar-refractivity contribution >= 4 is 11.9 Å². The van der Waals surface area contributed by atoms with Crippen LogP contribution in [0, 0.1) is 0 Å². The summed E-state index contributed by atoms with van der Waals surface area (Å²) in [5.74, 6) is -0.0975. The number of hydrogen-bond donors (Lipinski definition) is 1. The summed E-state index contributed by atoms with van der Waals surface area (Å²) in [7, 11) is 1.27. The minimum absolute atomic E-state index is 0.136. The van der Waals surface area contributed by atoms with E-state index in [1.54, 1.807) is 24.3 Å². The summed E-state index contributed by atoms with van der Waals surface area (Å²) in [6.45, 7) is 2.33. The van der Waals surface area contributed by atoms with Gasteiger partial charge in [-0.3, -0.25) is 9.59 Å². The number of amides is 1. The number of carbonyl (C=O) groups is 2. The second-order valence-electron chi connectivity index (χ2n) is 3.22. The van der Waals surface area contributed by atoms with Crippen molar-refractivity contribution in [3.05, 3.63) is 29.8 Å². The van der Waals surface area contributed by atoms with Gasteiger partial charge in [-0.25, -0.2) is 0 Å². The van der Waals surface area contributed by atoms with Crippen molar-refractivity contribution in [2.75, 3.05) is 20.3 Å². The predicted octanol–water partition coefficient (Wildman–Crippen LogP) is 0.988. The van der Waals surface area contributed by atoms with E-state index in [-0.39, 0.29) is 12.5 Å². The van der Waals surface area contributed by atoms with Crippen LogP contribution in [-0.4, -0.2) is 32.1 Å². The van der Waals surface area contributed by atoms with Gasteiger partial charge in [0.2, 0.25) is 0 Å². The Kier molecular flexibility index (Phi) is 5.00. The molecule has 0 aliphatic rings. The first kappa shape index (κ1) is 13.0. The fourth-order valence-corrected chi connectivity index (χ4v) is 1.20. The zero-order valence-corrected chi connectivity index (χ0v) is 9.86. The van der Waals surface area contributed by atoms with Gasteiger partial charge < -0.3 is 14.8 Å². The molecule has 92 valence electrons. The highest BCUT2D eigenvalue weighted by Crippen LogP contribution is 2.11. The van der Waals surface area contributed by atoms with E-state index in [2.05, 4.69) is 10.1 Å². The number of carbonyl (C=O) groups excluding carboxylic acids is 2. The Morgan fingerprint density at radius 1 is 1.24 bits per heavy atom. The highest BCUT2D eigenvalue weighted by atomic mass is 16.5. The molecule has 0 heterocycles. The molecule has 0 spiro atoms. The molecule has 1 amide bonds. The minimum Gasteiger partial charge on any atom is -0.494 e. The Morgan fingerprint density at radius 2 is 1.88 bits per heavy atom. The monoisotopic (exact) mass is 237 g/mol. The van der Waals surface area contributed by atoms with Gasteiger partial charge in [0.15, 0.2) is 0 Å². The lowest BCUT2D eigenvalue weighted by Gasteiger charge is -2.05. The van der Waals surface area contributed by atoms with Gasteiger partial charge >= 0.3 is 5.97 Å². The van der Waals surface area contributed by atoms with Crippen LogP contribution >= 0.6 is 0 Å². The van der Waals surface area contributed by atoms with Gasteiger partial charge in [-0.2, -0.15) is 0 Å². The van der Waals surface area contributed by atoms with Gasteiger partial charge in [0.05, 0.1) is 13.7 Å². The summed E-state index contributed by atoms with van der Waals surface area (Å²) in [5, 5.41) is 2.45. The summed E-state index contributed by atoms with van der Waals surface area (Å²) in [5.41, 5.74) is 0.470.